The van der Waals surface area contributed by atoms with Gasteiger partial charge < -0.3 is 4.90 Å². The van der Waals surface area contributed by atoms with E-state index < -0.39 is 0 Å². The lowest BCUT2D eigenvalue weighted by molar-refractivity contribution is 0.0999. The van der Waals surface area contributed by atoms with E-state index >= 15 is 0 Å². The Bertz CT molecular complexity index is 713. The van der Waals surface area contributed by atoms with Crippen LogP contribution in [0.15, 0.2) is 42.5 Å². The van der Waals surface area contributed by atoms with Gasteiger partial charge in [-0.15, -0.1) is 0 Å². The Kier molecular flexibility index (Phi) is 4.39. The lowest BCUT2D eigenvalue weighted by Gasteiger charge is -2.20. The fourth-order valence-corrected chi connectivity index (χ4v) is 2.32. The van der Waals surface area contributed by atoms with Gasteiger partial charge in [0, 0.05) is 12.6 Å². The molecule has 0 aliphatic carbocycles. The second-order valence-electron chi connectivity index (χ2n) is 5.23. The first-order chi connectivity index (χ1) is 10.0. The van der Waals surface area contributed by atoms with Gasteiger partial charge in [-0.05, 0) is 37.6 Å². The molecule has 3 nitrogen and oxygen atoms in total. The Morgan fingerprint density at radius 3 is 2.62 bits per heavy atom. The highest BCUT2D eigenvalue weighted by Crippen LogP contribution is 2.19. The number of ketones is 1. The fourth-order valence-electron chi connectivity index (χ4n) is 2.32. The second-order valence-corrected chi connectivity index (χ2v) is 5.23. The minimum Gasteiger partial charge on any atom is -0.366 e. The quantitative estimate of drug-likeness (QED) is 0.804. The number of nitrogens with zero attached hydrogens (tertiary/aromatic N) is 2. The topological polar surface area (TPSA) is 44.1 Å². The molecule has 106 valence electrons. The molecule has 0 fully saturated rings. The number of Topliss-reactive ketones (excluding diaryl/α,β-unsaturated/α-hetero) is 1. The maximum Gasteiger partial charge on any atom is 0.182 e. The highest BCUT2D eigenvalue weighted by molar-refractivity contribution is 6.00. The summed E-state index contributed by atoms with van der Waals surface area (Å²) in [6, 6.07) is 15.3. The number of rotatable bonds is 4. The molecule has 2 aromatic carbocycles. The van der Waals surface area contributed by atoms with Crippen molar-refractivity contribution < 1.29 is 4.79 Å². The summed E-state index contributed by atoms with van der Waals surface area (Å²) in [6.07, 6.45) is 0. The largest absolute Gasteiger partial charge is 0.366 e. The van der Waals surface area contributed by atoms with Crippen LogP contribution in [-0.2, 0) is 0 Å². The molecule has 0 aliphatic heterocycles. The first-order valence-corrected chi connectivity index (χ1v) is 6.83. The maximum atomic E-state index is 12.5. The molecule has 0 aliphatic rings. The molecule has 2 rings (SSSR count). The number of anilines is 1. The highest BCUT2D eigenvalue weighted by atomic mass is 16.1. The van der Waals surface area contributed by atoms with Crippen molar-refractivity contribution in [2.45, 2.75) is 13.8 Å². The minimum atomic E-state index is 0.0615. The molecule has 0 heterocycles. The van der Waals surface area contributed by atoms with Crippen molar-refractivity contribution >= 4 is 11.5 Å². The monoisotopic (exact) mass is 278 g/mol. The standard InChI is InChI=1S/C18H18N2O/c1-13-8-9-14(2)16(10-13)18(21)12-20(3)17-7-5-4-6-15(17)11-19/h4-10H,12H2,1-3H3. The van der Waals surface area contributed by atoms with Crippen LogP contribution in [0.25, 0.3) is 0 Å². The zero-order chi connectivity index (χ0) is 15.4. The normalized spacial score (nSPS) is 10.0. The Hall–Kier alpha value is -2.60. The summed E-state index contributed by atoms with van der Waals surface area (Å²) in [6.45, 7) is 4.17. The lowest BCUT2D eigenvalue weighted by atomic mass is 10.0. The summed E-state index contributed by atoms with van der Waals surface area (Å²) in [4.78, 5) is 14.3. The van der Waals surface area contributed by atoms with Crippen LogP contribution in [0.3, 0.4) is 0 Å². The van der Waals surface area contributed by atoms with Crippen LogP contribution < -0.4 is 4.90 Å². The molecule has 0 radical (unpaired) electrons. The number of hydrogen-bond acceptors (Lipinski definition) is 3. The first-order valence-electron chi connectivity index (χ1n) is 6.83. The SMILES string of the molecule is Cc1ccc(C)c(C(=O)CN(C)c2ccccc2C#N)c1. The van der Waals surface area contributed by atoms with Gasteiger partial charge in [-0.3, -0.25) is 4.79 Å². The summed E-state index contributed by atoms with van der Waals surface area (Å²) in [7, 11) is 1.83. The van der Waals surface area contributed by atoms with Crippen LogP contribution >= 0.6 is 0 Å². The average Bonchev–Trinajstić information content (AvgIpc) is 2.49. The van der Waals surface area contributed by atoms with Crippen LogP contribution in [0.5, 0.6) is 0 Å². The van der Waals surface area contributed by atoms with E-state index in [0.29, 0.717) is 5.56 Å². The van der Waals surface area contributed by atoms with E-state index in [-0.39, 0.29) is 12.3 Å². The molecular formula is C18H18N2O. The van der Waals surface area contributed by atoms with E-state index in [9.17, 15) is 4.79 Å². The number of para-hydroxylation sites is 1. The lowest BCUT2D eigenvalue weighted by Crippen LogP contribution is -2.26. The third-order valence-electron chi connectivity index (χ3n) is 3.51. The molecule has 0 unspecified atom stereocenters. The van der Waals surface area contributed by atoms with Crippen LogP contribution in [0, 0.1) is 25.2 Å². The van der Waals surface area contributed by atoms with Crippen molar-refractivity contribution in [3.63, 3.8) is 0 Å². The number of hydrogen-bond donors (Lipinski definition) is 0. The molecule has 0 N–H and O–H groups in total. The zero-order valence-corrected chi connectivity index (χ0v) is 12.6. The second kappa shape index (κ2) is 6.23. The van der Waals surface area contributed by atoms with Gasteiger partial charge in [0.2, 0.25) is 0 Å². The van der Waals surface area contributed by atoms with Gasteiger partial charge in [0.1, 0.15) is 6.07 Å². The summed E-state index contributed by atoms with van der Waals surface area (Å²) in [5.41, 5.74) is 4.15. The van der Waals surface area contributed by atoms with Crippen LogP contribution in [0.1, 0.15) is 27.0 Å². The fraction of sp³-hybridized carbons (Fsp3) is 0.222. The molecule has 0 bridgehead atoms. The van der Waals surface area contributed by atoms with Crippen molar-refractivity contribution in [3.8, 4) is 6.07 Å². The third kappa shape index (κ3) is 3.29. The smallest absolute Gasteiger partial charge is 0.182 e. The molecule has 0 saturated carbocycles. The van der Waals surface area contributed by atoms with Gasteiger partial charge in [0.05, 0.1) is 17.8 Å². The maximum absolute atomic E-state index is 12.5. The van der Waals surface area contributed by atoms with Crippen molar-refractivity contribution in [3.05, 3.63) is 64.7 Å². The number of nitriles is 1. The van der Waals surface area contributed by atoms with Crippen LogP contribution in [-0.4, -0.2) is 19.4 Å². The molecule has 21 heavy (non-hydrogen) atoms. The molecule has 3 heteroatoms. The van der Waals surface area contributed by atoms with Gasteiger partial charge in [0.15, 0.2) is 5.78 Å². The molecule has 2 aromatic rings. The highest BCUT2D eigenvalue weighted by Gasteiger charge is 2.14. The minimum absolute atomic E-state index is 0.0615. The molecular weight excluding hydrogens is 260 g/mol. The molecule has 0 atom stereocenters. The van der Waals surface area contributed by atoms with E-state index in [1.54, 1.807) is 6.07 Å². The van der Waals surface area contributed by atoms with Gasteiger partial charge in [-0.1, -0.05) is 29.8 Å². The van der Waals surface area contributed by atoms with Gasteiger partial charge in [-0.2, -0.15) is 5.26 Å². The number of aryl methyl sites for hydroxylation is 2. The zero-order valence-electron chi connectivity index (χ0n) is 12.6. The molecule has 0 amide bonds. The van der Waals surface area contributed by atoms with Gasteiger partial charge in [-0.25, -0.2) is 0 Å². The van der Waals surface area contributed by atoms with E-state index in [1.165, 1.54) is 0 Å². The Morgan fingerprint density at radius 2 is 1.90 bits per heavy atom. The number of benzene rings is 2. The van der Waals surface area contributed by atoms with E-state index in [4.69, 9.17) is 5.26 Å². The van der Waals surface area contributed by atoms with Crippen molar-refractivity contribution in [2.24, 2.45) is 0 Å². The molecule has 0 spiro atoms. The number of carbonyl (C=O) groups is 1. The van der Waals surface area contributed by atoms with Crippen molar-refractivity contribution in [2.75, 3.05) is 18.5 Å². The van der Waals surface area contributed by atoms with Crippen LogP contribution in [0.2, 0.25) is 0 Å². The van der Waals surface area contributed by atoms with Crippen molar-refractivity contribution in [1.82, 2.24) is 0 Å². The third-order valence-corrected chi connectivity index (χ3v) is 3.51. The average molecular weight is 278 g/mol. The van der Waals surface area contributed by atoms with Crippen molar-refractivity contribution in [1.29, 1.82) is 5.26 Å². The van der Waals surface area contributed by atoms with Gasteiger partial charge >= 0.3 is 0 Å². The summed E-state index contributed by atoms with van der Waals surface area (Å²) >= 11 is 0. The number of likely N-dealkylation sites (N-methyl/N-ethyl adjacent to an activating group) is 1. The summed E-state index contributed by atoms with van der Waals surface area (Å²) in [5.74, 6) is 0.0615. The molecule has 0 aromatic heterocycles. The van der Waals surface area contributed by atoms with E-state index in [2.05, 4.69) is 6.07 Å². The van der Waals surface area contributed by atoms with Gasteiger partial charge in [0.25, 0.3) is 0 Å². The van der Waals surface area contributed by atoms with E-state index in [1.807, 2.05) is 62.2 Å². The number of carbonyl (C=O) groups excluding carboxylic acids is 1. The predicted molar refractivity (Wildman–Crippen MR) is 84.7 cm³/mol. The Balaban J connectivity index is 2.23. The first kappa shape index (κ1) is 14.8. The predicted octanol–water partition coefficient (Wildman–Crippen LogP) is 3.49. The summed E-state index contributed by atoms with van der Waals surface area (Å²) in [5, 5.41) is 9.14. The molecule has 0 saturated heterocycles. The van der Waals surface area contributed by atoms with E-state index in [0.717, 1.165) is 22.4 Å². The summed E-state index contributed by atoms with van der Waals surface area (Å²) < 4.78 is 0. The Labute approximate surface area is 125 Å². The Morgan fingerprint density at radius 1 is 1.19 bits per heavy atom. The van der Waals surface area contributed by atoms with Crippen LogP contribution in [0.4, 0.5) is 5.69 Å².